The van der Waals surface area contributed by atoms with Crippen molar-refractivity contribution in [3.63, 3.8) is 0 Å². The van der Waals surface area contributed by atoms with Crippen molar-refractivity contribution in [2.75, 3.05) is 19.8 Å². The Morgan fingerprint density at radius 2 is 1.67 bits per heavy atom. The first-order valence-corrected chi connectivity index (χ1v) is 12.6. The van der Waals surface area contributed by atoms with Gasteiger partial charge in [-0.1, -0.05) is 56.9 Å². The molecule has 1 aromatic rings. The zero-order chi connectivity index (χ0) is 19.7. The summed E-state index contributed by atoms with van der Waals surface area (Å²) in [5, 5.41) is 2.52. The average molecular weight is 394 g/mol. The molecule has 3 aliphatic rings. The molecule has 3 heterocycles. The van der Waals surface area contributed by atoms with Gasteiger partial charge in [0.1, 0.15) is 20.1 Å². The maximum atomic E-state index is 13.1. The number of carbonyl (C=O) groups excluding carboxylic acids is 2. The second-order valence-electron chi connectivity index (χ2n) is 8.53. The van der Waals surface area contributed by atoms with Crippen LogP contribution in [0.1, 0.15) is 12.5 Å². The minimum absolute atomic E-state index is 0.105. The van der Waals surface area contributed by atoms with Crippen LogP contribution >= 0.6 is 0 Å². The molecule has 7 nitrogen and oxygen atoms in total. The van der Waals surface area contributed by atoms with Gasteiger partial charge in [0.2, 0.25) is 0 Å². The number of fused-ring (bicyclic) bond motifs is 3. The zero-order valence-corrected chi connectivity index (χ0v) is 17.2. The lowest BCUT2D eigenvalue weighted by molar-refractivity contribution is -0.469. The Hall–Kier alpha value is -1.74. The maximum Gasteiger partial charge on any atom is 0.408 e. The highest BCUT2D eigenvalue weighted by Gasteiger charge is 2.59. The molecule has 1 atom stereocenters. The predicted octanol–water partition coefficient (Wildman–Crippen LogP) is 2.47. The fourth-order valence-corrected chi connectivity index (χ4v) is 4.07. The molecule has 148 valence electrons. The number of benzene rings is 1. The quantitative estimate of drug-likeness (QED) is 0.748. The molecule has 0 aromatic heterocycles. The lowest BCUT2D eigenvalue weighted by atomic mass is 9.91. The number of ether oxygens (including phenoxy) is 4. The van der Waals surface area contributed by atoms with Crippen LogP contribution in [0.3, 0.4) is 0 Å². The molecule has 27 heavy (non-hydrogen) atoms. The van der Waals surface area contributed by atoms with E-state index < -0.39 is 26.2 Å². The first kappa shape index (κ1) is 20.0. The largest absolute Gasteiger partial charge is 0.445 e. The highest BCUT2D eigenvalue weighted by atomic mass is 28.3. The lowest BCUT2D eigenvalue weighted by Gasteiger charge is -2.52. The van der Waals surface area contributed by atoms with Crippen LogP contribution in [0.25, 0.3) is 0 Å². The summed E-state index contributed by atoms with van der Waals surface area (Å²) in [6.45, 7) is 9.04. The number of hydrogen-bond acceptors (Lipinski definition) is 6. The molecule has 0 spiro atoms. The van der Waals surface area contributed by atoms with Crippen molar-refractivity contribution in [3.8, 4) is 0 Å². The van der Waals surface area contributed by atoms with Crippen molar-refractivity contribution in [2.45, 2.75) is 45.2 Å². The second-order valence-corrected chi connectivity index (χ2v) is 13.5. The Morgan fingerprint density at radius 3 is 2.19 bits per heavy atom. The number of alkyl carbamates (subject to hydrolysis) is 1. The van der Waals surface area contributed by atoms with Crippen LogP contribution < -0.4 is 5.32 Å². The minimum atomic E-state index is -2.28. The fourth-order valence-electron chi connectivity index (χ4n) is 2.95. The lowest BCUT2D eigenvalue weighted by Crippen LogP contribution is -2.71. The summed E-state index contributed by atoms with van der Waals surface area (Å²) in [6.07, 6.45) is -0.709. The first-order valence-electron chi connectivity index (χ1n) is 9.07. The number of rotatable bonds is 6. The summed E-state index contributed by atoms with van der Waals surface area (Å²) < 4.78 is 22.7. The van der Waals surface area contributed by atoms with Crippen molar-refractivity contribution in [2.24, 2.45) is 5.41 Å². The summed E-state index contributed by atoms with van der Waals surface area (Å²) in [7, 11) is -2.28. The standard InChI is InChI=1S/C19H27NO6Si/c1-18-11-24-19(25-12-18,26-13-18)15(16(21)27(2,3)4)20-17(22)23-10-14-8-6-5-7-9-14/h5-9,15H,10-13H2,1-4H3,(H,20,22)/t15-,18?,19?/m0/s1. The van der Waals surface area contributed by atoms with E-state index >= 15 is 0 Å². The van der Waals surface area contributed by atoms with Crippen molar-refractivity contribution in [1.82, 2.24) is 5.32 Å². The zero-order valence-electron chi connectivity index (χ0n) is 16.2. The molecule has 1 aromatic carbocycles. The van der Waals surface area contributed by atoms with Crippen LogP contribution in [0.2, 0.25) is 19.6 Å². The van der Waals surface area contributed by atoms with E-state index in [9.17, 15) is 9.59 Å². The molecular formula is C19H27NO6Si. The number of carbonyl (C=O) groups is 2. The van der Waals surface area contributed by atoms with E-state index in [1.54, 1.807) is 0 Å². The van der Waals surface area contributed by atoms with E-state index in [-0.39, 0.29) is 17.4 Å². The Bertz CT molecular complexity index is 677. The van der Waals surface area contributed by atoms with Crippen molar-refractivity contribution in [3.05, 3.63) is 35.9 Å². The van der Waals surface area contributed by atoms with Crippen molar-refractivity contribution < 1.29 is 28.5 Å². The van der Waals surface area contributed by atoms with Gasteiger partial charge in [-0.05, 0) is 5.56 Å². The highest BCUT2D eigenvalue weighted by molar-refractivity contribution is 7.04. The molecule has 0 unspecified atom stereocenters. The monoisotopic (exact) mass is 393 g/mol. The van der Waals surface area contributed by atoms with E-state index in [1.807, 2.05) is 56.9 Å². The van der Waals surface area contributed by atoms with Gasteiger partial charge < -0.3 is 29.1 Å². The van der Waals surface area contributed by atoms with Crippen molar-refractivity contribution in [1.29, 1.82) is 0 Å². The molecule has 4 rings (SSSR count). The molecule has 0 aliphatic carbocycles. The molecule has 0 saturated carbocycles. The van der Waals surface area contributed by atoms with Crippen LogP contribution in [0.15, 0.2) is 30.3 Å². The summed E-state index contributed by atoms with van der Waals surface area (Å²) in [4.78, 5) is 25.5. The topological polar surface area (TPSA) is 83.1 Å². The number of nitrogens with one attached hydrogen (secondary N) is 1. The van der Waals surface area contributed by atoms with Gasteiger partial charge in [-0.2, -0.15) is 0 Å². The Balaban J connectivity index is 1.73. The summed E-state index contributed by atoms with van der Waals surface area (Å²) >= 11 is 0. The summed E-state index contributed by atoms with van der Waals surface area (Å²) in [5.74, 6) is -1.58. The molecule has 3 aliphatic heterocycles. The first-order chi connectivity index (χ1) is 12.6. The number of hydrogen-bond donors (Lipinski definition) is 1. The third-order valence-electron chi connectivity index (χ3n) is 4.70. The molecule has 3 saturated heterocycles. The van der Waals surface area contributed by atoms with Crippen LogP contribution in [0.4, 0.5) is 4.79 Å². The second kappa shape index (κ2) is 7.35. The Morgan fingerprint density at radius 1 is 1.11 bits per heavy atom. The highest BCUT2D eigenvalue weighted by Crippen LogP contribution is 2.40. The van der Waals surface area contributed by atoms with Gasteiger partial charge in [-0.3, -0.25) is 0 Å². The molecular weight excluding hydrogens is 366 g/mol. The van der Waals surface area contributed by atoms with E-state index in [2.05, 4.69) is 5.32 Å². The molecule has 0 radical (unpaired) electrons. The molecule has 3 fully saturated rings. The average Bonchev–Trinajstić information content (AvgIpc) is 2.65. The Labute approximate surface area is 160 Å². The molecule has 1 amide bonds. The maximum absolute atomic E-state index is 13.1. The third kappa shape index (κ3) is 4.40. The van der Waals surface area contributed by atoms with E-state index in [0.29, 0.717) is 19.8 Å². The molecule has 2 bridgehead atoms. The van der Waals surface area contributed by atoms with Crippen molar-refractivity contribution >= 4 is 19.6 Å². The van der Waals surface area contributed by atoms with Crippen LogP contribution in [0.5, 0.6) is 0 Å². The summed E-state index contributed by atoms with van der Waals surface area (Å²) in [6, 6.07) is 8.26. The van der Waals surface area contributed by atoms with Gasteiger partial charge in [0.05, 0.1) is 19.8 Å². The predicted molar refractivity (Wildman–Crippen MR) is 101 cm³/mol. The number of amides is 1. The molecule has 1 N–H and O–H groups in total. The van der Waals surface area contributed by atoms with Crippen LogP contribution in [-0.4, -0.2) is 51.4 Å². The smallest absolute Gasteiger partial charge is 0.408 e. The van der Waals surface area contributed by atoms with Gasteiger partial charge in [-0.25, -0.2) is 4.79 Å². The minimum Gasteiger partial charge on any atom is -0.445 e. The van der Waals surface area contributed by atoms with Gasteiger partial charge in [-0.15, -0.1) is 0 Å². The summed E-state index contributed by atoms with van der Waals surface area (Å²) in [5.41, 5.74) is 0.622. The van der Waals surface area contributed by atoms with E-state index in [4.69, 9.17) is 18.9 Å². The van der Waals surface area contributed by atoms with Crippen LogP contribution in [-0.2, 0) is 30.3 Å². The molecule has 8 heteroatoms. The van der Waals surface area contributed by atoms with Gasteiger partial charge in [0.25, 0.3) is 0 Å². The van der Waals surface area contributed by atoms with Gasteiger partial charge in [0, 0.05) is 5.41 Å². The normalized spacial score (nSPS) is 28.4. The fraction of sp³-hybridized carbons (Fsp3) is 0.579. The van der Waals surface area contributed by atoms with Gasteiger partial charge >= 0.3 is 12.1 Å². The third-order valence-corrected chi connectivity index (χ3v) is 6.46. The SMILES string of the molecule is CC12COC([C@@H](NC(=O)OCc3ccccc3)C(=O)[Si](C)(C)C)(OC1)OC2. The van der Waals surface area contributed by atoms with E-state index in [1.165, 1.54) is 0 Å². The van der Waals surface area contributed by atoms with E-state index in [0.717, 1.165) is 5.56 Å². The van der Waals surface area contributed by atoms with Crippen LogP contribution in [0, 0.1) is 5.41 Å². The van der Waals surface area contributed by atoms with Gasteiger partial charge in [0.15, 0.2) is 6.04 Å². The Kier molecular flexibility index (Phi) is 5.44.